The van der Waals surface area contributed by atoms with Crippen LogP contribution in [-0.2, 0) is 4.74 Å². The monoisotopic (exact) mass is 394 g/mol. The number of likely N-dealkylation sites (tertiary alicyclic amines) is 1. The lowest BCUT2D eigenvalue weighted by atomic mass is 9.80. The van der Waals surface area contributed by atoms with Crippen LogP contribution in [0, 0.1) is 17.8 Å². The van der Waals surface area contributed by atoms with Gasteiger partial charge in [0.1, 0.15) is 6.10 Å². The van der Waals surface area contributed by atoms with E-state index in [9.17, 15) is 4.79 Å². The van der Waals surface area contributed by atoms with Crippen molar-refractivity contribution in [1.82, 2.24) is 20.0 Å². The minimum Gasteiger partial charge on any atom is -0.473 e. The fraction of sp³-hybridized carbons (Fsp3) is 0.609. The van der Waals surface area contributed by atoms with Crippen LogP contribution in [-0.4, -0.2) is 65.2 Å². The Balaban J connectivity index is 1.22. The molecule has 154 valence electrons. The van der Waals surface area contributed by atoms with Crippen LogP contribution < -0.4 is 5.32 Å². The molecule has 0 aromatic heterocycles. The van der Waals surface area contributed by atoms with E-state index in [0.717, 1.165) is 50.6 Å². The smallest absolute Gasteiger partial charge is 0.326 e. The maximum atomic E-state index is 12.9. The lowest BCUT2D eigenvalue weighted by Crippen LogP contribution is -2.66. The second-order valence-corrected chi connectivity index (χ2v) is 9.05. The summed E-state index contributed by atoms with van der Waals surface area (Å²) in [6, 6.07) is -0.0794. The van der Waals surface area contributed by atoms with E-state index in [1.54, 1.807) is 11.1 Å². The van der Waals surface area contributed by atoms with Crippen LogP contribution in [0.3, 0.4) is 0 Å². The van der Waals surface area contributed by atoms with Crippen molar-refractivity contribution in [1.29, 1.82) is 0 Å². The third kappa shape index (κ3) is 3.82. The second kappa shape index (κ2) is 7.55. The Morgan fingerprint density at radius 3 is 2.79 bits per heavy atom. The molecule has 6 rings (SSSR count). The van der Waals surface area contributed by atoms with Crippen molar-refractivity contribution in [2.24, 2.45) is 5.92 Å². The van der Waals surface area contributed by atoms with Crippen LogP contribution in [0.2, 0.25) is 0 Å². The number of hydrogen-bond acceptors (Lipinski definition) is 4. The summed E-state index contributed by atoms with van der Waals surface area (Å²) in [5, 5.41) is 3.28. The molecule has 0 radical (unpaired) electrons. The molecule has 6 nitrogen and oxygen atoms in total. The van der Waals surface area contributed by atoms with E-state index in [4.69, 9.17) is 4.74 Å². The van der Waals surface area contributed by atoms with Gasteiger partial charge in [0.25, 0.3) is 0 Å². The number of amides is 2. The third-order valence-corrected chi connectivity index (χ3v) is 6.91. The number of fused-ring (bicyclic) bond motifs is 4. The van der Waals surface area contributed by atoms with Crippen LogP contribution in [0.25, 0.3) is 0 Å². The highest BCUT2D eigenvalue weighted by Gasteiger charge is 2.44. The van der Waals surface area contributed by atoms with Gasteiger partial charge in [-0.15, -0.1) is 0 Å². The molecule has 1 N–H and O–H groups in total. The van der Waals surface area contributed by atoms with Gasteiger partial charge in [0.15, 0.2) is 5.76 Å². The van der Waals surface area contributed by atoms with Gasteiger partial charge < -0.3 is 10.1 Å². The normalized spacial score (nSPS) is 35.3. The summed E-state index contributed by atoms with van der Waals surface area (Å²) in [6.45, 7) is 7.41. The SMILES string of the molecule is C[C@@]1(NC(=O)N2C=CC3OC(C#CCN4CCCC4)=CC3=C2)CC2CCN1CC2. The van der Waals surface area contributed by atoms with E-state index in [1.165, 1.54) is 25.7 Å². The highest BCUT2D eigenvalue weighted by molar-refractivity contribution is 5.78. The molecule has 29 heavy (non-hydrogen) atoms. The topological polar surface area (TPSA) is 48.1 Å². The summed E-state index contributed by atoms with van der Waals surface area (Å²) in [7, 11) is 0. The molecule has 0 aliphatic carbocycles. The van der Waals surface area contributed by atoms with Crippen LogP contribution in [0.5, 0.6) is 0 Å². The van der Waals surface area contributed by atoms with Crippen LogP contribution in [0.15, 0.2) is 35.9 Å². The van der Waals surface area contributed by atoms with Gasteiger partial charge in [0.2, 0.25) is 0 Å². The van der Waals surface area contributed by atoms with E-state index in [-0.39, 0.29) is 17.8 Å². The Bertz CT molecular complexity index is 822. The Kier molecular flexibility index (Phi) is 4.89. The first kappa shape index (κ1) is 18.8. The lowest BCUT2D eigenvalue weighted by molar-refractivity contribution is -0.0327. The van der Waals surface area contributed by atoms with E-state index in [1.807, 2.05) is 18.4 Å². The molecule has 1 unspecified atom stereocenters. The number of carbonyl (C=O) groups is 1. The Morgan fingerprint density at radius 1 is 1.28 bits per heavy atom. The molecule has 6 aliphatic rings. The van der Waals surface area contributed by atoms with E-state index >= 15 is 0 Å². The molecule has 4 saturated heterocycles. The Morgan fingerprint density at radius 2 is 2.07 bits per heavy atom. The summed E-state index contributed by atoms with van der Waals surface area (Å²) >= 11 is 0. The number of nitrogens with zero attached hydrogens (tertiary/aromatic N) is 3. The molecule has 0 aromatic carbocycles. The van der Waals surface area contributed by atoms with Crippen molar-refractivity contribution in [3.05, 3.63) is 35.9 Å². The number of hydrogen-bond donors (Lipinski definition) is 1. The zero-order valence-corrected chi connectivity index (χ0v) is 17.2. The molecule has 0 spiro atoms. The number of urea groups is 1. The molecule has 2 atom stereocenters. The number of allylic oxidation sites excluding steroid dienone is 1. The van der Waals surface area contributed by atoms with E-state index in [0.29, 0.717) is 5.76 Å². The van der Waals surface area contributed by atoms with Crippen molar-refractivity contribution >= 4 is 6.03 Å². The van der Waals surface area contributed by atoms with Gasteiger partial charge in [0, 0.05) is 31.1 Å². The number of nitrogens with one attached hydrogen (secondary N) is 1. The zero-order valence-electron chi connectivity index (χ0n) is 17.2. The number of piperidine rings is 3. The summed E-state index contributed by atoms with van der Waals surface area (Å²) in [4.78, 5) is 19.4. The van der Waals surface area contributed by atoms with E-state index < -0.39 is 0 Å². The maximum Gasteiger partial charge on any atom is 0.326 e. The maximum absolute atomic E-state index is 12.9. The number of ether oxygens (including phenoxy) is 1. The largest absolute Gasteiger partial charge is 0.473 e. The molecule has 0 saturated carbocycles. The second-order valence-electron chi connectivity index (χ2n) is 9.05. The molecule has 4 fully saturated rings. The molecule has 6 heteroatoms. The lowest BCUT2D eigenvalue weighted by Gasteiger charge is -2.53. The van der Waals surface area contributed by atoms with Crippen molar-refractivity contribution in [3.8, 4) is 11.8 Å². The Labute approximate surface area is 173 Å². The standard InChI is InChI=1S/C23H30N4O2/c1-23(16-18-6-13-27(23)14-7-18)24-22(28)26-12-8-21-19(17-26)15-20(29-21)5-4-11-25-9-2-3-10-25/h8,12,15,17-18,21H,2-3,6-7,9-11,13-14,16H2,1H3,(H,24,28)/t21?,23-/m0/s1. The van der Waals surface area contributed by atoms with Crippen LogP contribution >= 0.6 is 0 Å². The summed E-state index contributed by atoms with van der Waals surface area (Å²) in [5.41, 5.74) is 0.735. The van der Waals surface area contributed by atoms with Crippen LogP contribution in [0.4, 0.5) is 4.79 Å². The summed E-state index contributed by atoms with van der Waals surface area (Å²) < 4.78 is 5.92. The van der Waals surface area contributed by atoms with Crippen LogP contribution in [0.1, 0.15) is 39.0 Å². The highest BCUT2D eigenvalue weighted by Crippen LogP contribution is 2.37. The average molecular weight is 395 g/mol. The quantitative estimate of drug-likeness (QED) is 0.732. The fourth-order valence-corrected chi connectivity index (χ4v) is 5.23. The fourth-order valence-electron chi connectivity index (χ4n) is 5.23. The minimum absolute atomic E-state index is 0.0794. The number of rotatable bonds is 2. The average Bonchev–Trinajstić information content (AvgIpc) is 3.37. The summed E-state index contributed by atoms with van der Waals surface area (Å²) in [5.74, 6) is 7.79. The predicted octanol–water partition coefficient (Wildman–Crippen LogP) is 2.62. The molecule has 2 bridgehead atoms. The van der Waals surface area contributed by atoms with Crippen molar-refractivity contribution < 1.29 is 9.53 Å². The Hall–Kier alpha value is -2.23. The molecule has 0 aromatic rings. The highest BCUT2D eigenvalue weighted by atomic mass is 16.5. The summed E-state index contributed by atoms with van der Waals surface area (Å²) in [6.07, 6.45) is 13.5. The van der Waals surface area contributed by atoms with Gasteiger partial charge in [0.05, 0.1) is 12.2 Å². The first-order chi connectivity index (χ1) is 14.1. The van der Waals surface area contributed by atoms with Gasteiger partial charge in [-0.2, -0.15) is 0 Å². The van der Waals surface area contributed by atoms with Crippen molar-refractivity contribution in [2.75, 3.05) is 32.7 Å². The minimum atomic E-state index is -0.240. The van der Waals surface area contributed by atoms with Gasteiger partial charge in [-0.3, -0.25) is 14.7 Å². The molecule has 6 aliphatic heterocycles. The predicted molar refractivity (Wildman–Crippen MR) is 111 cm³/mol. The molecule has 6 heterocycles. The molecule has 2 amide bonds. The third-order valence-electron chi connectivity index (χ3n) is 6.91. The first-order valence-electron chi connectivity index (χ1n) is 10.9. The first-order valence-corrected chi connectivity index (χ1v) is 10.9. The van der Waals surface area contributed by atoms with E-state index in [2.05, 4.69) is 33.9 Å². The van der Waals surface area contributed by atoms with Gasteiger partial charge >= 0.3 is 6.03 Å². The number of carbonyl (C=O) groups excluding carboxylic acids is 1. The molecular formula is C23H30N4O2. The van der Waals surface area contributed by atoms with Gasteiger partial charge in [-0.1, -0.05) is 5.92 Å². The van der Waals surface area contributed by atoms with Gasteiger partial charge in [-0.25, -0.2) is 4.79 Å². The van der Waals surface area contributed by atoms with Gasteiger partial charge in [-0.05, 0) is 76.1 Å². The molecular weight excluding hydrogens is 364 g/mol. The van der Waals surface area contributed by atoms with Crippen molar-refractivity contribution in [3.63, 3.8) is 0 Å². The van der Waals surface area contributed by atoms with Crippen molar-refractivity contribution in [2.45, 2.75) is 50.8 Å². The zero-order chi connectivity index (χ0) is 19.8.